The van der Waals surface area contributed by atoms with Crippen molar-refractivity contribution in [1.29, 1.82) is 0 Å². The molecule has 0 unspecified atom stereocenters. The summed E-state index contributed by atoms with van der Waals surface area (Å²) in [4.78, 5) is 18.8. The first-order chi connectivity index (χ1) is 13.2. The Labute approximate surface area is 164 Å². The van der Waals surface area contributed by atoms with Crippen molar-refractivity contribution in [1.82, 2.24) is 9.88 Å². The number of amides is 1. The first-order valence-corrected chi connectivity index (χ1v) is 9.69. The lowest BCUT2D eigenvalue weighted by Crippen LogP contribution is -2.29. The van der Waals surface area contributed by atoms with E-state index in [1.807, 2.05) is 0 Å². The number of anilines is 1. The standard InChI is InChI=1S/C22H22ClN3O/c23-18-8-11-21(24-14-18)25-22(27)12-13-26(19-9-10-19)15-17-6-3-5-16-4-1-2-7-20(16)17/h1-8,11,14,19H,9-10,12-13,15H2,(H,24,25,27). The molecule has 3 aromatic rings. The fourth-order valence-corrected chi connectivity index (χ4v) is 3.49. The van der Waals surface area contributed by atoms with Crippen molar-refractivity contribution in [3.8, 4) is 0 Å². The van der Waals surface area contributed by atoms with E-state index in [0.717, 1.165) is 13.1 Å². The van der Waals surface area contributed by atoms with Crippen LogP contribution in [0.5, 0.6) is 0 Å². The van der Waals surface area contributed by atoms with Gasteiger partial charge in [-0.25, -0.2) is 4.98 Å². The van der Waals surface area contributed by atoms with Gasteiger partial charge in [-0.15, -0.1) is 0 Å². The number of rotatable bonds is 7. The van der Waals surface area contributed by atoms with Crippen LogP contribution in [-0.2, 0) is 11.3 Å². The van der Waals surface area contributed by atoms with E-state index in [0.29, 0.717) is 23.3 Å². The number of hydrogen-bond donors (Lipinski definition) is 1. The van der Waals surface area contributed by atoms with Crippen molar-refractivity contribution < 1.29 is 4.79 Å². The van der Waals surface area contributed by atoms with Crippen LogP contribution in [0.1, 0.15) is 24.8 Å². The number of hydrogen-bond acceptors (Lipinski definition) is 3. The van der Waals surface area contributed by atoms with Crippen LogP contribution < -0.4 is 5.32 Å². The number of pyridine rings is 1. The van der Waals surface area contributed by atoms with E-state index in [-0.39, 0.29) is 5.91 Å². The Balaban J connectivity index is 1.39. The molecule has 1 heterocycles. The topological polar surface area (TPSA) is 45.2 Å². The second-order valence-corrected chi connectivity index (χ2v) is 7.44. The molecule has 138 valence electrons. The second-order valence-electron chi connectivity index (χ2n) is 7.00. The number of nitrogens with one attached hydrogen (secondary N) is 1. The first-order valence-electron chi connectivity index (χ1n) is 9.31. The number of benzene rings is 2. The van der Waals surface area contributed by atoms with E-state index >= 15 is 0 Å². The minimum atomic E-state index is -0.0200. The Hall–Kier alpha value is -2.43. The largest absolute Gasteiger partial charge is 0.311 e. The van der Waals surface area contributed by atoms with Crippen LogP contribution in [0.4, 0.5) is 5.82 Å². The Morgan fingerprint density at radius 1 is 1.11 bits per heavy atom. The zero-order chi connectivity index (χ0) is 18.6. The summed E-state index contributed by atoms with van der Waals surface area (Å²) in [6.07, 6.45) is 4.41. The summed E-state index contributed by atoms with van der Waals surface area (Å²) >= 11 is 5.83. The van der Waals surface area contributed by atoms with E-state index in [1.165, 1.54) is 35.4 Å². The minimum Gasteiger partial charge on any atom is -0.311 e. The molecule has 0 saturated heterocycles. The Morgan fingerprint density at radius 3 is 2.70 bits per heavy atom. The van der Waals surface area contributed by atoms with E-state index in [4.69, 9.17) is 11.6 Å². The number of nitrogens with zero attached hydrogens (tertiary/aromatic N) is 2. The van der Waals surface area contributed by atoms with Crippen LogP contribution >= 0.6 is 11.6 Å². The molecule has 1 saturated carbocycles. The van der Waals surface area contributed by atoms with Gasteiger partial charge in [-0.05, 0) is 41.3 Å². The maximum Gasteiger partial charge on any atom is 0.226 e. The predicted octanol–water partition coefficient (Wildman–Crippen LogP) is 4.88. The Bertz CT molecular complexity index is 932. The van der Waals surface area contributed by atoms with Crippen LogP contribution in [0.15, 0.2) is 60.8 Å². The van der Waals surface area contributed by atoms with Gasteiger partial charge in [0, 0.05) is 31.7 Å². The fourth-order valence-electron chi connectivity index (χ4n) is 3.38. The van der Waals surface area contributed by atoms with Crippen molar-refractivity contribution in [2.45, 2.75) is 31.8 Å². The lowest BCUT2D eigenvalue weighted by atomic mass is 10.0. The van der Waals surface area contributed by atoms with Gasteiger partial charge in [0.2, 0.25) is 5.91 Å². The Morgan fingerprint density at radius 2 is 1.93 bits per heavy atom. The van der Waals surface area contributed by atoms with Gasteiger partial charge in [-0.2, -0.15) is 0 Å². The molecule has 0 bridgehead atoms. The van der Waals surface area contributed by atoms with Crippen molar-refractivity contribution in [3.05, 3.63) is 71.4 Å². The van der Waals surface area contributed by atoms with Gasteiger partial charge in [0.05, 0.1) is 5.02 Å². The number of carbonyl (C=O) groups is 1. The molecule has 5 heteroatoms. The highest BCUT2D eigenvalue weighted by Crippen LogP contribution is 2.30. The maximum absolute atomic E-state index is 12.3. The molecule has 0 radical (unpaired) electrons. The third-order valence-corrected chi connectivity index (χ3v) is 5.16. The summed E-state index contributed by atoms with van der Waals surface area (Å²) in [6, 6.07) is 19.0. The van der Waals surface area contributed by atoms with Crippen molar-refractivity contribution in [3.63, 3.8) is 0 Å². The average Bonchev–Trinajstić information content (AvgIpc) is 3.52. The SMILES string of the molecule is O=C(CCN(Cc1cccc2ccccc12)C1CC1)Nc1ccc(Cl)cn1. The quantitative estimate of drug-likeness (QED) is 0.636. The van der Waals surface area contributed by atoms with Crippen LogP contribution in [0.2, 0.25) is 5.02 Å². The van der Waals surface area contributed by atoms with Gasteiger partial charge in [0.25, 0.3) is 0 Å². The van der Waals surface area contributed by atoms with Gasteiger partial charge >= 0.3 is 0 Å². The smallest absolute Gasteiger partial charge is 0.226 e. The summed E-state index contributed by atoms with van der Waals surface area (Å²) in [7, 11) is 0. The summed E-state index contributed by atoms with van der Waals surface area (Å²) in [5.41, 5.74) is 1.32. The van der Waals surface area contributed by atoms with Crippen molar-refractivity contribution in [2.24, 2.45) is 0 Å². The molecule has 27 heavy (non-hydrogen) atoms. The predicted molar refractivity (Wildman–Crippen MR) is 110 cm³/mol. The van der Waals surface area contributed by atoms with Crippen molar-refractivity contribution in [2.75, 3.05) is 11.9 Å². The molecule has 1 aliphatic rings. The molecule has 1 amide bonds. The summed E-state index contributed by atoms with van der Waals surface area (Å²) < 4.78 is 0. The van der Waals surface area contributed by atoms with Gasteiger partial charge in [0.1, 0.15) is 5.82 Å². The molecular formula is C22H22ClN3O. The minimum absolute atomic E-state index is 0.0200. The number of fused-ring (bicyclic) bond motifs is 1. The highest BCUT2D eigenvalue weighted by atomic mass is 35.5. The van der Waals surface area contributed by atoms with Gasteiger partial charge in [0.15, 0.2) is 0 Å². The zero-order valence-corrected chi connectivity index (χ0v) is 15.8. The molecule has 4 rings (SSSR count). The van der Waals surface area contributed by atoms with Crippen LogP contribution in [-0.4, -0.2) is 28.4 Å². The fraction of sp³-hybridized carbons (Fsp3) is 0.273. The van der Waals surface area contributed by atoms with Gasteiger partial charge in [-0.3, -0.25) is 9.69 Å². The number of carbonyl (C=O) groups excluding carboxylic acids is 1. The molecule has 1 N–H and O–H groups in total. The molecular weight excluding hydrogens is 358 g/mol. The molecule has 0 atom stereocenters. The van der Waals surface area contributed by atoms with Crippen LogP contribution in [0.3, 0.4) is 0 Å². The second kappa shape index (κ2) is 8.07. The lowest BCUT2D eigenvalue weighted by Gasteiger charge is -2.22. The van der Waals surface area contributed by atoms with E-state index in [1.54, 1.807) is 12.1 Å². The monoisotopic (exact) mass is 379 g/mol. The third-order valence-electron chi connectivity index (χ3n) is 4.94. The lowest BCUT2D eigenvalue weighted by molar-refractivity contribution is -0.116. The van der Waals surface area contributed by atoms with E-state index in [9.17, 15) is 4.79 Å². The summed E-state index contributed by atoms with van der Waals surface area (Å²) in [5, 5.41) is 5.95. The van der Waals surface area contributed by atoms with Crippen molar-refractivity contribution >= 4 is 34.1 Å². The zero-order valence-electron chi connectivity index (χ0n) is 15.1. The normalized spacial score (nSPS) is 13.9. The molecule has 0 aliphatic heterocycles. The van der Waals surface area contributed by atoms with E-state index < -0.39 is 0 Å². The molecule has 2 aromatic carbocycles. The van der Waals surface area contributed by atoms with Gasteiger partial charge < -0.3 is 5.32 Å². The first kappa shape index (κ1) is 18.0. The molecule has 1 aliphatic carbocycles. The molecule has 4 nitrogen and oxygen atoms in total. The highest BCUT2D eigenvalue weighted by Gasteiger charge is 2.29. The van der Waals surface area contributed by atoms with Crippen LogP contribution in [0, 0.1) is 0 Å². The maximum atomic E-state index is 12.3. The molecule has 0 spiro atoms. The molecule has 1 aromatic heterocycles. The number of aromatic nitrogens is 1. The Kier molecular flexibility index (Phi) is 5.37. The van der Waals surface area contributed by atoms with Crippen LogP contribution in [0.25, 0.3) is 10.8 Å². The number of halogens is 1. The summed E-state index contributed by atoms with van der Waals surface area (Å²) in [6.45, 7) is 1.62. The van der Waals surface area contributed by atoms with Gasteiger partial charge in [-0.1, -0.05) is 54.1 Å². The summed E-state index contributed by atoms with van der Waals surface area (Å²) in [5.74, 6) is 0.518. The average molecular weight is 380 g/mol. The molecule has 1 fully saturated rings. The third kappa shape index (κ3) is 4.65. The highest BCUT2D eigenvalue weighted by molar-refractivity contribution is 6.30. The van der Waals surface area contributed by atoms with E-state index in [2.05, 4.69) is 57.7 Å².